The maximum Gasteiger partial charge on any atom is 0.126 e. The van der Waals surface area contributed by atoms with Gasteiger partial charge in [0, 0.05) is 15.1 Å². The Morgan fingerprint density at radius 3 is 2.08 bits per heavy atom. The molecule has 4 heteroatoms. The van der Waals surface area contributed by atoms with Crippen molar-refractivity contribution in [3.63, 3.8) is 0 Å². The molecule has 0 amide bonds. The number of nitrogens with one attached hydrogen (secondary N) is 1. The van der Waals surface area contributed by atoms with E-state index in [0.29, 0.717) is 10.2 Å². The van der Waals surface area contributed by atoms with Gasteiger partial charge in [-0.05, 0) is 17.2 Å². The van der Waals surface area contributed by atoms with E-state index in [4.69, 9.17) is 5.41 Å². The highest BCUT2D eigenvalue weighted by Gasteiger charge is 2.16. The first kappa shape index (κ1) is 14.8. The van der Waals surface area contributed by atoms with Crippen LogP contribution in [0, 0.1) is 16.7 Å². The molecular weight excluding hydrogens is 332 g/mol. The van der Waals surface area contributed by atoms with Crippen LogP contribution in [0.5, 0.6) is 0 Å². The van der Waals surface area contributed by atoms with Gasteiger partial charge in [0.1, 0.15) is 10.7 Å². The molecule has 0 unspecified atom stereocenters. The van der Waals surface area contributed by atoms with Crippen molar-refractivity contribution in [2.24, 2.45) is 0 Å². The Labute approximate surface area is 147 Å². The lowest BCUT2D eigenvalue weighted by Crippen LogP contribution is -2.02. The van der Waals surface area contributed by atoms with Crippen molar-refractivity contribution in [2.75, 3.05) is 0 Å². The van der Waals surface area contributed by atoms with Crippen LogP contribution < -0.4 is 4.67 Å². The molecule has 0 atom stereocenters. The second-order valence-electron chi connectivity index (χ2n) is 5.33. The van der Waals surface area contributed by atoms with E-state index in [1.165, 1.54) is 11.3 Å². The molecular formula is C20H12N2S2. The summed E-state index contributed by atoms with van der Waals surface area (Å²) in [5, 5.41) is 17.8. The fourth-order valence-electron chi connectivity index (χ4n) is 2.74. The molecule has 2 aromatic heterocycles. The average molecular weight is 344 g/mol. The van der Waals surface area contributed by atoms with Gasteiger partial charge < -0.3 is 0 Å². The molecule has 2 nitrogen and oxygen atoms in total. The molecule has 1 N–H and O–H groups in total. The molecule has 0 aliphatic heterocycles. The quantitative estimate of drug-likeness (QED) is 0.502. The Balaban J connectivity index is 2.07. The van der Waals surface area contributed by atoms with E-state index >= 15 is 0 Å². The van der Waals surface area contributed by atoms with E-state index in [0.717, 1.165) is 31.0 Å². The molecule has 0 bridgehead atoms. The summed E-state index contributed by atoms with van der Waals surface area (Å²) in [7, 11) is 0. The SMILES string of the molecule is N#Cc1c(-c2ccccc2)c2sc(-c3ccccc3)cc2sc1=N. The van der Waals surface area contributed by atoms with Crippen LogP contribution in [0.1, 0.15) is 5.56 Å². The molecule has 2 heterocycles. The number of benzene rings is 2. The summed E-state index contributed by atoms with van der Waals surface area (Å²) in [6.45, 7) is 0. The van der Waals surface area contributed by atoms with Crippen LogP contribution in [-0.4, -0.2) is 0 Å². The summed E-state index contributed by atoms with van der Waals surface area (Å²) in [6, 6.07) is 24.5. The van der Waals surface area contributed by atoms with Crippen molar-refractivity contribution < 1.29 is 0 Å². The van der Waals surface area contributed by atoms with Crippen molar-refractivity contribution >= 4 is 32.1 Å². The third-order valence-electron chi connectivity index (χ3n) is 3.85. The number of hydrogen-bond donors (Lipinski definition) is 1. The first-order valence-corrected chi connectivity index (χ1v) is 9.07. The molecule has 0 aliphatic carbocycles. The van der Waals surface area contributed by atoms with Crippen LogP contribution in [0.25, 0.3) is 31.0 Å². The molecule has 0 saturated carbocycles. The average Bonchev–Trinajstić information content (AvgIpc) is 3.05. The van der Waals surface area contributed by atoms with Gasteiger partial charge in [0.25, 0.3) is 0 Å². The molecule has 0 fully saturated rings. The van der Waals surface area contributed by atoms with Crippen molar-refractivity contribution in [2.45, 2.75) is 0 Å². The third kappa shape index (κ3) is 2.44. The van der Waals surface area contributed by atoms with Gasteiger partial charge in [-0.2, -0.15) is 5.26 Å². The van der Waals surface area contributed by atoms with E-state index in [-0.39, 0.29) is 0 Å². The summed E-state index contributed by atoms with van der Waals surface area (Å²) in [6.07, 6.45) is 0. The van der Waals surface area contributed by atoms with E-state index in [9.17, 15) is 5.26 Å². The summed E-state index contributed by atoms with van der Waals surface area (Å²) < 4.78 is 2.46. The number of fused-ring (bicyclic) bond motifs is 1. The lowest BCUT2D eigenvalue weighted by molar-refractivity contribution is 1.32. The second-order valence-corrected chi connectivity index (χ2v) is 7.43. The highest BCUT2D eigenvalue weighted by molar-refractivity contribution is 7.28. The molecule has 4 aromatic rings. The van der Waals surface area contributed by atoms with Crippen LogP contribution in [0.2, 0.25) is 0 Å². The molecule has 0 aliphatic rings. The van der Waals surface area contributed by atoms with E-state index < -0.39 is 0 Å². The standard InChI is InChI=1S/C20H12N2S2/c21-12-15-18(14-9-5-2-6-10-14)19-17(24-20(15)22)11-16(23-19)13-7-3-1-4-8-13/h1-11,22H. The number of nitriles is 1. The van der Waals surface area contributed by atoms with Gasteiger partial charge in [0.2, 0.25) is 0 Å². The van der Waals surface area contributed by atoms with Crippen LogP contribution in [0.4, 0.5) is 0 Å². The maximum atomic E-state index is 9.59. The van der Waals surface area contributed by atoms with E-state index in [1.54, 1.807) is 11.3 Å². The first-order chi connectivity index (χ1) is 11.8. The van der Waals surface area contributed by atoms with E-state index in [1.807, 2.05) is 48.5 Å². The van der Waals surface area contributed by atoms with Crippen molar-refractivity contribution in [3.8, 4) is 27.6 Å². The lowest BCUT2D eigenvalue weighted by Gasteiger charge is -2.05. The normalized spacial score (nSPS) is 10.6. The van der Waals surface area contributed by atoms with Gasteiger partial charge in [0.05, 0.1) is 10.3 Å². The Morgan fingerprint density at radius 1 is 0.833 bits per heavy atom. The zero-order chi connectivity index (χ0) is 16.5. The minimum absolute atomic E-state index is 0.321. The molecule has 0 radical (unpaired) electrons. The molecule has 24 heavy (non-hydrogen) atoms. The summed E-state index contributed by atoms with van der Waals surface area (Å²) in [4.78, 5) is 1.16. The minimum Gasteiger partial charge on any atom is -0.289 e. The third-order valence-corrected chi connectivity index (χ3v) is 6.13. The molecule has 0 saturated heterocycles. The summed E-state index contributed by atoms with van der Waals surface area (Å²) >= 11 is 3.06. The predicted molar refractivity (Wildman–Crippen MR) is 101 cm³/mol. The number of rotatable bonds is 2. The predicted octanol–water partition coefficient (Wildman–Crippen LogP) is 5.65. The molecule has 4 rings (SSSR count). The smallest absolute Gasteiger partial charge is 0.126 e. The summed E-state index contributed by atoms with van der Waals surface area (Å²) in [5.74, 6) is 0. The Morgan fingerprint density at radius 2 is 1.46 bits per heavy atom. The van der Waals surface area contributed by atoms with Gasteiger partial charge in [0.15, 0.2) is 0 Å². The summed E-state index contributed by atoms with van der Waals surface area (Å²) in [5.41, 5.74) is 3.49. The van der Waals surface area contributed by atoms with E-state index in [2.05, 4.69) is 24.3 Å². The van der Waals surface area contributed by atoms with Gasteiger partial charge >= 0.3 is 0 Å². The minimum atomic E-state index is 0.321. The topological polar surface area (TPSA) is 47.6 Å². The molecule has 2 aromatic carbocycles. The maximum absolute atomic E-state index is 9.59. The van der Waals surface area contributed by atoms with Crippen LogP contribution >= 0.6 is 22.7 Å². The fraction of sp³-hybridized carbons (Fsp3) is 0. The zero-order valence-corrected chi connectivity index (χ0v) is 14.2. The van der Waals surface area contributed by atoms with Gasteiger partial charge in [-0.1, -0.05) is 60.7 Å². The Hall–Kier alpha value is -2.74. The lowest BCUT2D eigenvalue weighted by atomic mass is 10.0. The highest BCUT2D eigenvalue weighted by Crippen LogP contribution is 2.41. The van der Waals surface area contributed by atoms with Gasteiger partial charge in [-0.15, -0.1) is 22.7 Å². The van der Waals surface area contributed by atoms with Gasteiger partial charge in [-0.25, -0.2) is 0 Å². The van der Waals surface area contributed by atoms with Crippen molar-refractivity contribution in [1.82, 2.24) is 0 Å². The van der Waals surface area contributed by atoms with Gasteiger partial charge in [-0.3, -0.25) is 5.41 Å². The number of nitrogens with zero attached hydrogens (tertiary/aromatic N) is 1. The zero-order valence-electron chi connectivity index (χ0n) is 12.6. The van der Waals surface area contributed by atoms with Crippen LogP contribution in [0.15, 0.2) is 66.7 Å². The Bertz CT molecular complexity index is 1120. The molecule has 0 spiro atoms. The number of thiophene rings is 1. The highest BCUT2D eigenvalue weighted by atomic mass is 32.1. The van der Waals surface area contributed by atoms with Crippen molar-refractivity contribution in [1.29, 1.82) is 10.7 Å². The number of hydrogen-bond acceptors (Lipinski definition) is 4. The fourth-order valence-corrected chi connectivity index (χ4v) is 5.04. The molecule has 114 valence electrons. The monoisotopic (exact) mass is 344 g/mol. The largest absolute Gasteiger partial charge is 0.289 e. The second kappa shape index (κ2) is 6.04. The van der Waals surface area contributed by atoms with Crippen LogP contribution in [-0.2, 0) is 0 Å². The van der Waals surface area contributed by atoms with Crippen LogP contribution in [0.3, 0.4) is 0 Å². The van der Waals surface area contributed by atoms with Crippen molar-refractivity contribution in [3.05, 3.63) is 77.0 Å². The first-order valence-electron chi connectivity index (χ1n) is 7.44. The Kier molecular flexibility index (Phi) is 3.73.